The van der Waals surface area contributed by atoms with Crippen LogP contribution in [-0.2, 0) is 4.79 Å². The number of carbonyl (C=O) groups excluding carboxylic acids is 2. The molecule has 5 saturated carbocycles. The molecule has 4 bridgehead atoms. The molecule has 0 aromatic heterocycles. The van der Waals surface area contributed by atoms with Crippen LogP contribution in [0.25, 0.3) is 0 Å². The molecule has 0 atom stereocenters. The summed E-state index contributed by atoms with van der Waals surface area (Å²) in [4.78, 5) is 24.2. The van der Waals surface area contributed by atoms with Gasteiger partial charge in [0, 0.05) is 24.5 Å². The van der Waals surface area contributed by atoms with Gasteiger partial charge in [0.2, 0.25) is 5.91 Å². The zero-order valence-electron chi connectivity index (χ0n) is 14.6. The lowest BCUT2D eigenvalue weighted by Crippen LogP contribution is -2.61. The molecule has 0 aromatic carbocycles. The molecule has 5 heteroatoms. The van der Waals surface area contributed by atoms with Gasteiger partial charge in [-0.3, -0.25) is 4.79 Å². The molecule has 5 rings (SSSR count). The number of rotatable bonds is 5. The van der Waals surface area contributed by atoms with Gasteiger partial charge < -0.3 is 16.0 Å². The van der Waals surface area contributed by atoms with Gasteiger partial charge in [-0.2, -0.15) is 0 Å². The van der Waals surface area contributed by atoms with Crippen LogP contribution in [0.4, 0.5) is 4.79 Å². The van der Waals surface area contributed by atoms with Crippen molar-refractivity contribution in [3.05, 3.63) is 0 Å². The van der Waals surface area contributed by atoms with Crippen molar-refractivity contribution in [2.24, 2.45) is 17.8 Å². The second-order valence-corrected chi connectivity index (χ2v) is 8.88. The van der Waals surface area contributed by atoms with Crippen LogP contribution in [0.1, 0.15) is 70.6 Å². The van der Waals surface area contributed by atoms with Gasteiger partial charge in [0.1, 0.15) is 0 Å². The fourth-order valence-electron chi connectivity index (χ4n) is 6.21. The van der Waals surface area contributed by atoms with Gasteiger partial charge >= 0.3 is 6.03 Å². The maximum absolute atomic E-state index is 12.3. The highest BCUT2D eigenvalue weighted by Gasteiger charge is 2.51. The van der Waals surface area contributed by atoms with Crippen LogP contribution in [-0.4, -0.2) is 30.1 Å². The van der Waals surface area contributed by atoms with E-state index in [1.54, 1.807) is 0 Å². The van der Waals surface area contributed by atoms with Crippen molar-refractivity contribution in [3.8, 4) is 0 Å². The smallest absolute Gasteiger partial charge is 0.315 e. The molecule has 5 aliphatic rings. The number of urea groups is 1. The summed E-state index contributed by atoms with van der Waals surface area (Å²) < 4.78 is 0. The summed E-state index contributed by atoms with van der Waals surface area (Å²) in [5.74, 6) is 2.55. The van der Waals surface area contributed by atoms with Crippen molar-refractivity contribution in [2.45, 2.75) is 82.2 Å². The highest BCUT2D eigenvalue weighted by Crippen LogP contribution is 2.55. The molecule has 0 spiro atoms. The number of amides is 3. The predicted molar refractivity (Wildman–Crippen MR) is 92.5 cm³/mol. The van der Waals surface area contributed by atoms with E-state index >= 15 is 0 Å². The molecule has 0 radical (unpaired) electrons. The van der Waals surface area contributed by atoms with Crippen LogP contribution in [0.5, 0.6) is 0 Å². The van der Waals surface area contributed by atoms with Crippen LogP contribution in [0.15, 0.2) is 0 Å². The van der Waals surface area contributed by atoms with Gasteiger partial charge in [0.15, 0.2) is 0 Å². The minimum absolute atomic E-state index is 0.0466. The topological polar surface area (TPSA) is 70.2 Å². The summed E-state index contributed by atoms with van der Waals surface area (Å²) in [6.07, 6.45) is 12.6. The minimum Gasteiger partial charge on any atom is -0.353 e. The largest absolute Gasteiger partial charge is 0.353 e. The van der Waals surface area contributed by atoms with E-state index in [0.29, 0.717) is 19.0 Å². The van der Waals surface area contributed by atoms with Crippen molar-refractivity contribution >= 4 is 11.9 Å². The monoisotopic (exact) mass is 333 g/mol. The average molecular weight is 333 g/mol. The third-order valence-electron chi connectivity index (χ3n) is 6.77. The first kappa shape index (κ1) is 16.2. The highest BCUT2D eigenvalue weighted by molar-refractivity contribution is 5.78. The molecule has 0 saturated heterocycles. The molecule has 0 aromatic rings. The molecule has 24 heavy (non-hydrogen) atoms. The molecule has 0 unspecified atom stereocenters. The van der Waals surface area contributed by atoms with Crippen molar-refractivity contribution < 1.29 is 9.59 Å². The highest BCUT2D eigenvalue weighted by atomic mass is 16.2. The lowest BCUT2D eigenvalue weighted by Gasteiger charge is -2.56. The van der Waals surface area contributed by atoms with Gasteiger partial charge in [-0.05, 0) is 69.1 Å². The van der Waals surface area contributed by atoms with Crippen LogP contribution in [0, 0.1) is 17.8 Å². The summed E-state index contributed by atoms with van der Waals surface area (Å²) in [6, 6.07) is 0.281. The number of nitrogens with one attached hydrogen (secondary N) is 3. The van der Waals surface area contributed by atoms with E-state index in [1.165, 1.54) is 32.1 Å². The molecule has 3 N–H and O–H groups in total. The Morgan fingerprint density at radius 3 is 2.08 bits per heavy atom. The Bertz CT molecular complexity index is 464. The number of carbonyl (C=O) groups is 2. The maximum Gasteiger partial charge on any atom is 0.315 e. The van der Waals surface area contributed by atoms with Gasteiger partial charge in [0.05, 0.1) is 0 Å². The van der Waals surface area contributed by atoms with E-state index in [9.17, 15) is 9.59 Å². The van der Waals surface area contributed by atoms with E-state index in [1.807, 2.05) is 0 Å². The Balaban J connectivity index is 1.19. The Morgan fingerprint density at radius 2 is 1.50 bits per heavy atom. The first-order chi connectivity index (χ1) is 11.6. The first-order valence-electron chi connectivity index (χ1n) is 9.96. The zero-order chi connectivity index (χ0) is 16.6. The lowest BCUT2D eigenvalue weighted by atomic mass is 9.53. The molecular weight excluding hydrogens is 302 g/mol. The molecule has 5 fully saturated rings. The molecular formula is C19H31N3O2. The lowest BCUT2D eigenvalue weighted by molar-refractivity contribution is -0.121. The average Bonchev–Trinajstić information content (AvgIpc) is 2.97. The minimum atomic E-state index is -0.0781. The third kappa shape index (κ3) is 3.55. The van der Waals surface area contributed by atoms with E-state index < -0.39 is 0 Å². The third-order valence-corrected chi connectivity index (χ3v) is 6.77. The van der Waals surface area contributed by atoms with Crippen LogP contribution >= 0.6 is 0 Å². The van der Waals surface area contributed by atoms with Gasteiger partial charge in [-0.1, -0.05) is 12.8 Å². The van der Waals surface area contributed by atoms with Crippen molar-refractivity contribution in [2.75, 3.05) is 6.54 Å². The molecule has 3 amide bonds. The molecule has 5 aliphatic carbocycles. The van der Waals surface area contributed by atoms with Crippen LogP contribution in [0.3, 0.4) is 0 Å². The van der Waals surface area contributed by atoms with Crippen molar-refractivity contribution in [3.63, 3.8) is 0 Å². The SMILES string of the molecule is O=C(CCNC(=O)NC12CC3CC(CC(C3)C1)C2)NC1CCCC1. The van der Waals surface area contributed by atoms with E-state index in [0.717, 1.165) is 49.9 Å². The molecule has 5 nitrogen and oxygen atoms in total. The maximum atomic E-state index is 12.3. The van der Waals surface area contributed by atoms with Gasteiger partial charge in [0.25, 0.3) is 0 Å². The fourth-order valence-corrected chi connectivity index (χ4v) is 6.21. The standard InChI is InChI=1S/C19H31N3O2/c23-17(21-16-3-1-2-4-16)5-6-20-18(24)22-19-10-13-7-14(11-19)9-15(8-13)12-19/h13-16H,1-12H2,(H,21,23)(H2,20,22,24). The van der Waals surface area contributed by atoms with Crippen molar-refractivity contribution in [1.29, 1.82) is 0 Å². The van der Waals surface area contributed by atoms with Gasteiger partial charge in [-0.15, -0.1) is 0 Å². The quantitative estimate of drug-likeness (QED) is 0.724. The fraction of sp³-hybridized carbons (Fsp3) is 0.895. The summed E-state index contributed by atoms with van der Waals surface area (Å²) in [7, 11) is 0. The van der Waals surface area contributed by atoms with E-state index in [2.05, 4.69) is 16.0 Å². The summed E-state index contributed by atoms with van der Waals surface area (Å²) in [6.45, 7) is 0.427. The van der Waals surface area contributed by atoms with E-state index in [4.69, 9.17) is 0 Å². The summed E-state index contributed by atoms with van der Waals surface area (Å²) in [5.41, 5.74) is 0.0466. The second-order valence-electron chi connectivity index (χ2n) is 8.88. The first-order valence-corrected chi connectivity index (χ1v) is 9.96. The van der Waals surface area contributed by atoms with Crippen LogP contribution < -0.4 is 16.0 Å². The Morgan fingerprint density at radius 1 is 0.917 bits per heavy atom. The molecule has 0 aliphatic heterocycles. The number of hydrogen-bond donors (Lipinski definition) is 3. The van der Waals surface area contributed by atoms with E-state index in [-0.39, 0.29) is 17.5 Å². The predicted octanol–water partition coefficient (Wildman–Crippen LogP) is 2.70. The van der Waals surface area contributed by atoms with Gasteiger partial charge in [-0.25, -0.2) is 4.79 Å². The second kappa shape index (κ2) is 6.57. The Hall–Kier alpha value is -1.26. The van der Waals surface area contributed by atoms with Crippen LogP contribution in [0.2, 0.25) is 0 Å². The summed E-state index contributed by atoms with van der Waals surface area (Å²) >= 11 is 0. The zero-order valence-corrected chi connectivity index (χ0v) is 14.6. The Labute approximate surface area is 144 Å². The number of hydrogen-bond acceptors (Lipinski definition) is 2. The summed E-state index contributed by atoms with van der Waals surface area (Å²) in [5, 5.41) is 9.26. The molecule has 0 heterocycles. The normalized spacial score (nSPS) is 37.4. The molecule has 134 valence electrons. The Kier molecular flexibility index (Phi) is 4.44. The van der Waals surface area contributed by atoms with Crippen molar-refractivity contribution in [1.82, 2.24) is 16.0 Å².